The van der Waals surface area contributed by atoms with Gasteiger partial charge in [0.15, 0.2) is 6.10 Å². The first-order valence-electron chi connectivity index (χ1n) is 42.8. The highest BCUT2D eigenvalue weighted by Gasteiger charge is 2.27. The van der Waals surface area contributed by atoms with Crippen LogP contribution in [0.3, 0.4) is 0 Å². The molecule has 0 aliphatic rings. The molecule has 0 aliphatic carbocycles. The number of hydrogen-bond donors (Lipinski definition) is 1. The number of ether oxygens (including phenoxy) is 2. The lowest BCUT2D eigenvalue weighted by atomic mass is 10.0. The Balaban J connectivity index is 3.97. The number of carbonyl (C=O) groups is 2. The van der Waals surface area contributed by atoms with Crippen LogP contribution in [0, 0.1) is 0 Å². The lowest BCUT2D eigenvalue weighted by molar-refractivity contribution is -0.870. The normalized spacial score (nSPS) is 13.6. The van der Waals surface area contributed by atoms with Crippen molar-refractivity contribution < 1.29 is 42.1 Å². The van der Waals surface area contributed by atoms with E-state index >= 15 is 0 Å². The number of nitrogens with zero attached hydrogens (tertiary/aromatic N) is 1. The zero-order valence-electron chi connectivity index (χ0n) is 66.9. The molecule has 10 heteroatoms. The minimum Gasteiger partial charge on any atom is -0.462 e. The monoisotopic (exact) mass is 1430 g/mol. The number of quaternary nitrogens is 1. The molecular weight excluding hydrogens is 1270 g/mol. The zero-order chi connectivity index (χ0) is 73.3. The van der Waals surface area contributed by atoms with Crippen LogP contribution in [-0.2, 0) is 32.7 Å². The number of rotatable bonds is 79. The van der Waals surface area contributed by atoms with Crippen LogP contribution in [0.15, 0.2) is 122 Å². The lowest BCUT2D eigenvalue weighted by Crippen LogP contribution is -2.37. The van der Waals surface area contributed by atoms with Crippen molar-refractivity contribution in [2.24, 2.45) is 0 Å². The molecule has 0 saturated carbocycles. The Bertz CT molecular complexity index is 2130. The van der Waals surface area contributed by atoms with Crippen LogP contribution in [0.1, 0.15) is 393 Å². The summed E-state index contributed by atoms with van der Waals surface area (Å²) >= 11 is 0. The molecule has 0 amide bonds. The van der Waals surface area contributed by atoms with Crippen molar-refractivity contribution >= 4 is 19.8 Å². The van der Waals surface area contributed by atoms with E-state index in [0.717, 1.165) is 109 Å². The van der Waals surface area contributed by atoms with Crippen molar-refractivity contribution in [1.29, 1.82) is 0 Å². The molecule has 0 radical (unpaired) electrons. The van der Waals surface area contributed by atoms with Gasteiger partial charge in [-0.1, -0.05) is 411 Å². The molecule has 1 N–H and O–H groups in total. The molecule has 0 aromatic heterocycles. The molecule has 0 fully saturated rings. The van der Waals surface area contributed by atoms with Crippen molar-refractivity contribution in [2.45, 2.75) is 399 Å². The molecule has 2 atom stereocenters. The molecule has 0 bridgehead atoms. The Morgan fingerprint density at radius 2 is 0.564 bits per heavy atom. The third kappa shape index (κ3) is 85.2. The lowest BCUT2D eigenvalue weighted by Gasteiger charge is -2.24. The van der Waals surface area contributed by atoms with E-state index in [9.17, 15) is 19.0 Å². The summed E-state index contributed by atoms with van der Waals surface area (Å²) in [6.45, 7) is 4.36. The molecule has 0 aliphatic heterocycles. The second-order valence-corrected chi connectivity index (χ2v) is 31.3. The number of esters is 2. The van der Waals surface area contributed by atoms with Gasteiger partial charge in [0.05, 0.1) is 27.7 Å². The van der Waals surface area contributed by atoms with Gasteiger partial charge in [-0.15, -0.1) is 0 Å². The Labute approximate surface area is 626 Å². The van der Waals surface area contributed by atoms with Gasteiger partial charge in [-0.25, -0.2) is 4.57 Å². The Kier molecular flexibility index (Phi) is 77.6. The summed E-state index contributed by atoms with van der Waals surface area (Å²) in [6, 6.07) is 0. The van der Waals surface area contributed by atoms with Crippen LogP contribution in [0.4, 0.5) is 0 Å². The van der Waals surface area contributed by atoms with Crippen molar-refractivity contribution in [3.63, 3.8) is 0 Å². The summed E-state index contributed by atoms with van der Waals surface area (Å²) in [4.78, 5) is 36.0. The standard InChI is InChI=1S/C91H162NO8P/c1-6-8-10-12-14-16-18-20-22-24-26-28-30-32-34-36-38-40-42-44-46-48-50-52-54-56-58-60-62-64-66-68-70-72-74-76-78-80-82-84-91(94)100-89(88-99-101(95,96)98-86-85-92(3,4)5)87-97-90(93)83-81-79-77-75-73-71-69-67-65-63-61-59-57-55-53-51-49-47-45-43-41-39-37-35-33-31-29-27-25-23-21-19-17-15-13-11-9-7-2/h8,10,14,16,20,22,26,28,32,34,38,40,44,46,50,52,56,58,62,64,89H,6-7,9,11-13,15,17-19,21,23-25,27,29-31,33,35-37,39,41-43,45,47-49,51,53-55,57,59-61,63,65-88H2,1-5H3/p+1/b10-8-,16-14-,22-20-,28-26-,34-32-,40-38-,46-44-,52-50-,58-56-,64-62-. The first kappa shape index (κ1) is 97.4. The highest BCUT2D eigenvalue weighted by atomic mass is 31.2. The van der Waals surface area contributed by atoms with Gasteiger partial charge in [0.1, 0.15) is 19.8 Å². The largest absolute Gasteiger partial charge is 0.472 e. The smallest absolute Gasteiger partial charge is 0.462 e. The average molecular weight is 1430 g/mol. The number of unbranched alkanes of at least 4 members (excludes halogenated alkanes) is 45. The van der Waals surface area contributed by atoms with E-state index in [1.54, 1.807) is 0 Å². The Hall–Kier alpha value is -3.59. The van der Waals surface area contributed by atoms with E-state index in [4.69, 9.17) is 18.5 Å². The van der Waals surface area contributed by atoms with Crippen molar-refractivity contribution in [2.75, 3.05) is 47.5 Å². The maximum absolute atomic E-state index is 12.9. The average Bonchev–Trinajstić information content (AvgIpc) is 0.973. The first-order chi connectivity index (χ1) is 49.5. The van der Waals surface area contributed by atoms with Crippen LogP contribution in [0.2, 0.25) is 0 Å². The number of likely N-dealkylation sites (N-methyl/N-ethyl adjacent to an activating group) is 1. The fourth-order valence-electron chi connectivity index (χ4n) is 12.3. The van der Waals surface area contributed by atoms with Crippen molar-refractivity contribution in [1.82, 2.24) is 0 Å². The van der Waals surface area contributed by atoms with Gasteiger partial charge in [-0.05, 0) is 89.9 Å². The number of phosphoric ester groups is 1. The first-order valence-corrected chi connectivity index (χ1v) is 44.3. The van der Waals surface area contributed by atoms with Crippen LogP contribution in [-0.4, -0.2) is 74.9 Å². The molecule has 9 nitrogen and oxygen atoms in total. The SMILES string of the molecule is CC/C=C\C/C=C\C/C=C\C/C=C\C/C=C\C/C=C\C/C=C\C/C=C\C/C=C\C/C=C\CCCCCCCCCCC(=O)OC(COC(=O)CCCCCCCCCCCCCCCCCCCCCCCCCCCCCCCCCCCCCCCC)COP(=O)(O)OCC[N+](C)(C)C. The zero-order valence-corrected chi connectivity index (χ0v) is 67.8. The van der Waals surface area contributed by atoms with Gasteiger partial charge in [-0.2, -0.15) is 0 Å². The molecule has 101 heavy (non-hydrogen) atoms. The fourth-order valence-corrected chi connectivity index (χ4v) is 13.0. The molecule has 0 rings (SSSR count). The quantitative estimate of drug-likeness (QED) is 0.0211. The van der Waals surface area contributed by atoms with E-state index in [1.807, 2.05) is 21.1 Å². The Morgan fingerprint density at radius 1 is 0.317 bits per heavy atom. The maximum atomic E-state index is 12.9. The van der Waals surface area contributed by atoms with Crippen LogP contribution < -0.4 is 0 Å². The molecule has 0 spiro atoms. The topological polar surface area (TPSA) is 108 Å². The van der Waals surface area contributed by atoms with E-state index in [2.05, 4.69) is 135 Å². The van der Waals surface area contributed by atoms with Crippen molar-refractivity contribution in [3.05, 3.63) is 122 Å². The van der Waals surface area contributed by atoms with Gasteiger partial charge in [0, 0.05) is 12.8 Å². The minimum absolute atomic E-state index is 0.0264. The van der Waals surface area contributed by atoms with Gasteiger partial charge < -0.3 is 18.9 Å². The minimum atomic E-state index is -4.41. The highest BCUT2D eigenvalue weighted by molar-refractivity contribution is 7.47. The molecular formula is C91H163NO8P+. The predicted octanol–water partition coefficient (Wildman–Crippen LogP) is 28.9. The van der Waals surface area contributed by atoms with Crippen LogP contribution in [0.25, 0.3) is 0 Å². The van der Waals surface area contributed by atoms with E-state index in [0.29, 0.717) is 17.4 Å². The molecule has 0 heterocycles. The molecule has 0 aromatic carbocycles. The maximum Gasteiger partial charge on any atom is 0.472 e. The van der Waals surface area contributed by atoms with Gasteiger partial charge in [-0.3, -0.25) is 18.6 Å². The van der Waals surface area contributed by atoms with Crippen LogP contribution in [0.5, 0.6) is 0 Å². The second kappa shape index (κ2) is 80.5. The second-order valence-electron chi connectivity index (χ2n) is 29.8. The number of allylic oxidation sites excluding steroid dienone is 20. The highest BCUT2D eigenvalue weighted by Crippen LogP contribution is 2.43. The van der Waals surface area contributed by atoms with E-state index < -0.39 is 26.5 Å². The molecule has 584 valence electrons. The van der Waals surface area contributed by atoms with Crippen molar-refractivity contribution in [3.8, 4) is 0 Å². The summed E-state index contributed by atoms with van der Waals surface area (Å²) in [6.07, 6.45) is 117. The number of hydrogen-bond acceptors (Lipinski definition) is 7. The predicted molar refractivity (Wildman–Crippen MR) is 441 cm³/mol. The summed E-state index contributed by atoms with van der Waals surface area (Å²) in [7, 11) is 1.47. The van der Waals surface area contributed by atoms with Gasteiger partial charge >= 0.3 is 19.8 Å². The fraction of sp³-hybridized carbons (Fsp3) is 0.758. The number of carbonyl (C=O) groups excluding carboxylic acids is 2. The molecule has 0 aromatic rings. The summed E-state index contributed by atoms with van der Waals surface area (Å²) in [5, 5.41) is 0. The van der Waals surface area contributed by atoms with Gasteiger partial charge in [0.2, 0.25) is 0 Å². The molecule has 2 unspecified atom stereocenters. The third-order valence-electron chi connectivity index (χ3n) is 18.8. The van der Waals surface area contributed by atoms with Gasteiger partial charge in [0.25, 0.3) is 0 Å². The third-order valence-corrected chi connectivity index (χ3v) is 19.7. The van der Waals surface area contributed by atoms with Crippen LogP contribution >= 0.6 is 7.82 Å². The van der Waals surface area contributed by atoms with E-state index in [-0.39, 0.29) is 32.0 Å². The van der Waals surface area contributed by atoms with E-state index in [1.165, 1.54) is 250 Å². The molecule has 0 saturated heterocycles. The summed E-state index contributed by atoms with van der Waals surface area (Å²) in [5.41, 5.74) is 0. The summed E-state index contributed by atoms with van der Waals surface area (Å²) in [5.74, 6) is -0.797. The number of phosphoric acid groups is 1. The Morgan fingerprint density at radius 3 is 0.842 bits per heavy atom. The summed E-state index contributed by atoms with van der Waals surface area (Å²) < 4.78 is 34.8.